The lowest BCUT2D eigenvalue weighted by Crippen LogP contribution is -2.31. The number of nitrogens with one attached hydrogen (secondary N) is 1. The Kier molecular flexibility index (Phi) is 3.73. The number of benzene rings is 1. The van der Waals surface area contributed by atoms with Gasteiger partial charge < -0.3 is 11.1 Å². The monoisotopic (exact) mass is 340 g/mol. The number of nitrogen functional groups attached to an aromatic ring is 1. The Morgan fingerprint density at radius 1 is 1.38 bits per heavy atom. The van der Waals surface area contributed by atoms with Crippen molar-refractivity contribution in [2.24, 2.45) is 0 Å². The second-order valence-corrected chi connectivity index (χ2v) is 6.68. The van der Waals surface area contributed by atoms with Gasteiger partial charge in [0.2, 0.25) is 0 Å². The van der Waals surface area contributed by atoms with Crippen LogP contribution < -0.4 is 11.1 Å². The van der Waals surface area contributed by atoms with Crippen LogP contribution in [0.1, 0.15) is 39.7 Å². The van der Waals surface area contributed by atoms with E-state index in [9.17, 15) is 4.79 Å². The number of nitrogens with two attached hydrogens (primary N) is 1. The highest BCUT2D eigenvalue weighted by Crippen LogP contribution is 2.32. The van der Waals surface area contributed by atoms with E-state index in [-0.39, 0.29) is 11.9 Å². The number of aryl methyl sites for hydroxylation is 1. The summed E-state index contributed by atoms with van der Waals surface area (Å²) >= 11 is 1.38. The fourth-order valence-electron chi connectivity index (χ4n) is 3.13. The van der Waals surface area contributed by atoms with E-state index in [1.165, 1.54) is 27.9 Å². The third-order valence-corrected chi connectivity index (χ3v) is 5.14. The molecule has 1 aliphatic carbocycles. The maximum atomic E-state index is 12.8. The summed E-state index contributed by atoms with van der Waals surface area (Å²) in [7, 11) is 0. The number of thiophene rings is 1. The minimum atomic E-state index is -0.106. The molecule has 1 aromatic carbocycles. The Labute approximate surface area is 142 Å². The molecule has 2 aromatic heterocycles. The Bertz CT molecular complexity index is 873. The predicted molar refractivity (Wildman–Crippen MR) is 91.0 cm³/mol. The molecule has 0 bridgehead atoms. The van der Waals surface area contributed by atoms with Gasteiger partial charge in [0.15, 0.2) is 0 Å². The van der Waals surface area contributed by atoms with E-state index >= 15 is 0 Å². The highest BCUT2D eigenvalue weighted by molar-refractivity contribution is 7.12. The minimum absolute atomic E-state index is 0.00525. The number of rotatable bonds is 3. The van der Waals surface area contributed by atoms with Crippen molar-refractivity contribution in [3.8, 4) is 5.69 Å². The van der Waals surface area contributed by atoms with Crippen LogP contribution in [0.2, 0.25) is 0 Å². The molecule has 7 nitrogen and oxygen atoms in total. The lowest BCUT2D eigenvalue weighted by atomic mass is 9.87. The van der Waals surface area contributed by atoms with Gasteiger partial charge in [-0.2, -0.15) is 4.68 Å². The van der Waals surface area contributed by atoms with Gasteiger partial charge in [-0.25, -0.2) is 0 Å². The smallest absolute Gasteiger partial charge is 0.264 e. The first kappa shape index (κ1) is 14.8. The fraction of sp³-hybridized carbons (Fsp3) is 0.250. The molecule has 8 heteroatoms. The second kappa shape index (κ2) is 6.04. The largest absolute Gasteiger partial charge is 0.399 e. The van der Waals surface area contributed by atoms with Crippen molar-refractivity contribution in [3.05, 3.63) is 52.0 Å². The zero-order valence-corrected chi connectivity index (χ0v) is 13.7. The lowest BCUT2D eigenvalue weighted by molar-refractivity contribution is 0.0937. The van der Waals surface area contributed by atoms with Gasteiger partial charge in [-0.1, -0.05) is 6.07 Å². The maximum Gasteiger partial charge on any atom is 0.264 e. The van der Waals surface area contributed by atoms with Crippen LogP contribution in [0.15, 0.2) is 36.0 Å². The third-order valence-electron chi connectivity index (χ3n) is 4.23. The van der Waals surface area contributed by atoms with E-state index in [1.54, 1.807) is 0 Å². The Balaban J connectivity index is 1.59. The first-order chi connectivity index (χ1) is 11.7. The molecule has 0 saturated heterocycles. The first-order valence-corrected chi connectivity index (χ1v) is 8.60. The molecule has 2 heterocycles. The number of nitrogens with zero attached hydrogens (tertiary/aromatic N) is 4. The number of fused-ring (bicyclic) bond motifs is 1. The van der Waals surface area contributed by atoms with Crippen LogP contribution in [-0.2, 0) is 6.42 Å². The summed E-state index contributed by atoms with van der Waals surface area (Å²) < 4.78 is 1.50. The van der Waals surface area contributed by atoms with E-state index in [4.69, 9.17) is 5.73 Å². The number of aromatic nitrogens is 4. The molecule has 3 N–H and O–H groups in total. The van der Waals surface area contributed by atoms with Crippen LogP contribution in [0, 0.1) is 0 Å². The fourth-order valence-corrected chi connectivity index (χ4v) is 3.91. The average Bonchev–Trinajstić information content (AvgIpc) is 3.25. The maximum absolute atomic E-state index is 12.8. The topological polar surface area (TPSA) is 98.7 Å². The molecular formula is C16H16N6OS. The summed E-state index contributed by atoms with van der Waals surface area (Å²) in [5.41, 5.74) is 9.70. The average molecular weight is 340 g/mol. The van der Waals surface area contributed by atoms with Gasteiger partial charge in [0.25, 0.3) is 5.91 Å². The first-order valence-electron chi connectivity index (χ1n) is 7.72. The van der Waals surface area contributed by atoms with Gasteiger partial charge in [0, 0.05) is 5.69 Å². The number of hydrogen-bond donors (Lipinski definition) is 2. The standard InChI is InChI=1S/C16H16N6OS/c17-11-4-5-12-10(8-11)2-1-3-13(12)19-16(23)15-14(6-7-24-15)22-9-18-20-21-22/h4-9,13H,1-3,17H2,(H,19,23). The number of hydrogen-bond acceptors (Lipinski definition) is 6. The zero-order valence-electron chi connectivity index (χ0n) is 12.8. The number of amides is 1. The predicted octanol–water partition coefficient (Wildman–Crippen LogP) is 2.11. The molecule has 1 aliphatic rings. The SMILES string of the molecule is Nc1ccc2c(c1)CCCC2NC(=O)c1sccc1-n1cnnn1. The number of carbonyl (C=O) groups is 1. The van der Waals surface area contributed by atoms with E-state index in [1.807, 2.05) is 29.6 Å². The van der Waals surface area contributed by atoms with Crippen LogP contribution in [-0.4, -0.2) is 26.1 Å². The molecule has 1 amide bonds. The highest BCUT2D eigenvalue weighted by Gasteiger charge is 2.24. The van der Waals surface area contributed by atoms with Crippen LogP contribution in [0.3, 0.4) is 0 Å². The molecule has 24 heavy (non-hydrogen) atoms. The van der Waals surface area contributed by atoms with Crippen LogP contribution in [0.25, 0.3) is 5.69 Å². The van der Waals surface area contributed by atoms with Gasteiger partial charge in [0.05, 0.1) is 11.7 Å². The summed E-state index contributed by atoms with van der Waals surface area (Å²) in [6, 6.07) is 7.76. The van der Waals surface area contributed by atoms with E-state index < -0.39 is 0 Å². The van der Waals surface area contributed by atoms with Gasteiger partial charge in [0.1, 0.15) is 11.2 Å². The Morgan fingerprint density at radius 2 is 2.29 bits per heavy atom. The molecule has 0 saturated carbocycles. The van der Waals surface area contributed by atoms with E-state index in [2.05, 4.69) is 20.8 Å². The molecule has 122 valence electrons. The third kappa shape index (κ3) is 2.65. The van der Waals surface area contributed by atoms with Crippen molar-refractivity contribution >= 4 is 22.9 Å². The minimum Gasteiger partial charge on any atom is -0.399 e. The summed E-state index contributed by atoms with van der Waals surface area (Å²) in [4.78, 5) is 13.4. The highest BCUT2D eigenvalue weighted by atomic mass is 32.1. The summed E-state index contributed by atoms with van der Waals surface area (Å²) in [5.74, 6) is -0.106. The second-order valence-electron chi connectivity index (χ2n) is 5.77. The van der Waals surface area contributed by atoms with E-state index in [0.717, 1.165) is 30.5 Å². The molecule has 3 aromatic rings. The summed E-state index contributed by atoms with van der Waals surface area (Å²) in [5, 5.41) is 16.1. The molecule has 1 unspecified atom stereocenters. The van der Waals surface area contributed by atoms with Gasteiger partial charge >= 0.3 is 0 Å². The summed E-state index contributed by atoms with van der Waals surface area (Å²) in [6.07, 6.45) is 4.44. The van der Waals surface area contributed by atoms with Crippen molar-refractivity contribution in [2.75, 3.05) is 5.73 Å². The summed E-state index contributed by atoms with van der Waals surface area (Å²) in [6.45, 7) is 0. The van der Waals surface area contributed by atoms with Gasteiger partial charge in [-0.05, 0) is 64.4 Å². The van der Waals surface area contributed by atoms with Crippen molar-refractivity contribution in [3.63, 3.8) is 0 Å². The van der Waals surface area contributed by atoms with Gasteiger partial charge in [-0.3, -0.25) is 4.79 Å². The van der Waals surface area contributed by atoms with Crippen LogP contribution >= 0.6 is 11.3 Å². The molecule has 1 atom stereocenters. The number of carbonyl (C=O) groups excluding carboxylic acids is 1. The molecule has 4 rings (SSSR count). The lowest BCUT2D eigenvalue weighted by Gasteiger charge is -2.26. The molecular weight excluding hydrogens is 324 g/mol. The Hall–Kier alpha value is -2.74. The van der Waals surface area contributed by atoms with Crippen LogP contribution in [0.5, 0.6) is 0 Å². The van der Waals surface area contributed by atoms with Crippen molar-refractivity contribution in [1.82, 2.24) is 25.5 Å². The van der Waals surface area contributed by atoms with Gasteiger partial charge in [-0.15, -0.1) is 16.4 Å². The van der Waals surface area contributed by atoms with E-state index in [0.29, 0.717) is 10.6 Å². The normalized spacial score (nSPS) is 16.6. The molecule has 0 radical (unpaired) electrons. The van der Waals surface area contributed by atoms with Crippen molar-refractivity contribution in [2.45, 2.75) is 25.3 Å². The van der Waals surface area contributed by atoms with Crippen LogP contribution in [0.4, 0.5) is 5.69 Å². The molecule has 0 aliphatic heterocycles. The molecule has 0 spiro atoms. The zero-order chi connectivity index (χ0) is 16.5. The quantitative estimate of drug-likeness (QED) is 0.712. The van der Waals surface area contributed by atoms with Crippen molar-refractivity contribution in [1.29, 1.82) is 0 Å². The van der Waals surface area contributed by atoms with Crippen molar-refractivity contribution < 1.29 is 4.79 Å². The number of anilines is 1. The number of tetrazole rings is 1. The molecule has 0 fully saturated rings. The Morgan fingerprint density at radius 3 is 3.12 bits per heavy atom.